The summed E-state index contributed by atoms with van der Waals surface area (Å²) in [6, 6.07) is 9.96. The summed E-state index contributed by atoms with van der Waals surface area (Å²) in [5.74, 6) is 4.39. The van der Waals surface area contributed by atoms with Crippen LogP contribution in [0.3, 0.4) is 0 Å². The van der Waals surface area contributed by atoms with E-state index >= 15 is 0 Å². The molecule has 1 aromatic rings. The van der Waals surface area contributed by atoms with Crippen molar-refractivity contribution >= 4 is 8.32 Å². The number of hydrogen-bond acceptors (Lipinski definition) is 1. The van der Waals surface area contributed by atoms with Crippen LogP contribution in [0.2, 0.25) is 16.1 Å². The van der Waals surface area contributed by atoms with Crippen LogP contribution < -0.4 is 4.43 Å². The van der Waals surface area contributed by atoms with Crippen molar-refractivity contribution in [2.45, 2.75) is 104 Å². The molecule has 1 nitrogen and oxygen atoms in total. The average molecular weight is 413 g/mol. The number of terminal acetylenes is 1. The number of aryl methyl sites for hydroxylation is 1. The predicted molar refractivity (Wildman–Crippen MR) is 132 cm³/mol. The summed E-state index contributed by atoms with van der Waals surface area (Å²) in [5, 5.41) is 0.310. The van der Waals surface area contributed by atoms with Crippen molar-refractivity contribution < 1.29 is 4.43 Å². The van der Waals surface area contributed by atoms with Crippen LogP contribution in [0, 0.1) is 18.3 Å². The van der Waals surface area contributed by atoms with E-state index in [-0.39, 0.29) is 10.1 Å². The lowest BCUT2D eigenvalue weighted by Gasteiger charge is -2.51. The second kappa shape index (κ2) is 10.5. The molecule has 0 bridgehead atoms. The molecule has 29 heavy (non-hydrogen) atoms. The first-order valence-electron chi connectivity index (χ1n) is 11.2. The smallest absolute Gasteiger partial charge is 0.262 e. The molecule has 0 spiro atoms. The zero-order valence-corrected chi connectivity index (χ0v) is 21.5. The third-order valence-electron chi connectivity index (χ3n) is 5.90. The van der Waals surface area contributed by atoms with Gasteiger partial charge in [-0.1, -0.05) is 79.2 Å². The molecule has 1 rings (SSSR count). The first-order valence-corrected chi connectivity index (χ1v) is 13.3. The second-order valence-corrected chi connectivity index (χ2v) is 16.2. The molecule has 0 atom stereocenters. The Balaban J connectivity index is 3.08. The van der Waals surface area contributed by atoms with Crippen LogP contribution in [0.5, 0.6) is 5.75 Å². The fraction of sp³-hybridized carbons (Fsp3) is 0.630. The Morgan fingerprint density at radius 1 is 1.14 bits per heavy atom. The first-order chi connectivity index (χ1) is 13.3. The Labute approximate surface area is 182 Å². The quantitative estimate of drug-likeness (QED) is 0.224. The Morgan fingerprint density at radius 2 is 1.76 bits per heavy atom. The Morgan fingerprint density at radius 3 is 2.28 bits per heavy atom. The summed E-state index contributed by atoms with van der Waals surface area (Å²) in [4.78, 5) is 0. The minimum absolute atomic E-state index is 0.155. The summed E-state index contributed by atoms with van der Waals surface area (Å²) < 4.78 is 7.06. The summed E-state index contributed by atoms with van der Waals surface area (Å²) >= 11 is 0. The van der Waals surface area contributed by atoms with Crippen LogP contribution in [-0.2, 0) is 6.42 Å². The van der Waals surface area contributed by atoms with Gasteiger partial charge in [0.2, 0.25) is 0 Å². The fourth-order valence-corrected chi connectivity index (χ4v) is 10.3. The summed E-state index contributed by atoms with van der Waals surface area (Å²) in [5.41, 5.74) is 2.73. The molecule has 2 heteroatoms. The molecule has 0 saturated heterocycles. The van der Waals surface area contributed by atoms with Gasteiger partial charge in [-0.05, 0) is 65.9 Å². The van der Waals surface area contributed by atoms with Gasteiger partial charge in [0.05, 0.1) is 0 Å². The Hall–Kier alpha value is -1.46. The van der Waals surface area contributed by atoms with E-state index in [2.05, 4.69) is 98.6 Å². The zero-order chi connectivity index (χ0) is 22.3. The molecule has 0 aliphatic rings. The van der Waals surface area contributed by atoms with E-state index in [0.717, 1.165) is 31.4 Å². The monoisotopic (exact) mass is 412 g/mol. The third kappa shape index (κ3) is 7.38. The maximum Gasteiger partial charge on any atom is 0.262 e. The highest BCUT2D eigenvalue weighted by Gasteiger charge is 2.56. The number of allylic oxidation sites excluding steroid dienone is 2. The molecule has 0 aliphatic heterocycles. The van der Waals surface area contributed by atoms with Crippen LogP contribution in [-0.4, -0.2) is 8.32 Å². The molecule has 0 heterocycles. The average Bonchev–Trinajstić information content (AvgIpc) is 2.57. The van der Waals surface area contributed by atoms with Gasteiger partial charge < -0.3 is 4.43 Å². The van der Waals surface area contributed by atoms with Crippen molar-refractivity contribution in [3.8, 4) is 18.1 Å². The van der Waals surface area contributed by atoms with Gasteiger partial charge in [-0.2, -0.15) is 0 Å². The summed E-state index contributed by atoms with van der Waals surface area (Å²) in [6.45, 7) is 21.1. The van der Waals surface area contributed by atoms with Gasteiger partial charge >= 0.3 is 0 Å². The topological polar surface area (TPSA) is 9.23 Å². The lowest BCUT2D eigenvalue weighted by molar-refractivity contribution is 0.406. The Bertz CT molecular complexity index is 693. The van der Waals surface area contributed by atoms with Crippen LogP contribution >= 0.6 is 0 Å². The molecule has 162 valence electrons. The van der Waals surface area contributed by atoms with E-state index < -0.39 is 8.32 Å². The van der Waals surface area contributed by atoms with Crippen LogP contribution in [0.25, 0.3) is 0 Å². The minimum atomic E-state index is -2.12. The molecule has 0 amide bonds. The number of hydrogen-bond donors (Lipinski definition) is 0. The molecule has 0 fully saturated rings. The number of rotatable bonds is 9. The van der Waals surface area contributed by atoms with E-state index in [1.54, 1.807) is 0 Å². The molecule has 0 saturated carbocycles. The summed E-state index contributed by atoms with van der Waals surface area (Å²) in [6.07, 6.45) is 11.6. The van der Waals surface area contributed by atoms with Crippen molar-refractivity contribution in [2.24, 2.45) is 5.92 Å². The normalized spacial score (nSPS) is 13.5. The van der Waals surface area contributed by atoms with Gasteiger partial charge in [0, 0.05) is 6.42 Å². The highest BCUT2D eigenvalue weighted by atomic mass is 28.4. The second-order valence-electron chi connectivity index (χ2n) is 11.0. The van der Waals surface area contributed by atoms with Crippen LogP contribution in [0.4, 0.5) is 0 Å². The maximum atomic E-state index is 7.06. The van der Waals surface area contributed by atoms with Gasteiger partial charge in [0.25, 0.3) is 8.32 Å². The number of benzene rings is 1. The van der Waals surface area contributed by atoms with Gasteiger partial charge in [0.15, 0.2) is 0 Å². The lowest BCUT2D eigenvalue weighted by atomic mass is 10.1. The van der Waals surface area contributed by atoms with Crippen molar-refractivity contribution in [2.75, 3.05) is 0 Å². The van der Waals surface area contributed by atoms with Gasteiger partial charge in [-0.3, -0.25) is 0 Å². The highest BCUT2D eigenvalue weighted by Crippen LogP contribution is 2.54. The Kier molecular flexibility index (Phi) is 9.29. The zero-order valence-electron chi connectivity index (χ0n) is 20.5. The lowest BCUT2D eigenvalue weighted by Crippen LogP contribution is -2.57. The molecule has 0 N–H and O–H groups in total. The third-order valence-corrected chi connectivity index (χ3v) is 12.7. The van der Waals surface area contributed by atoms with E-state index in [1.807, 2.05) is 0 Å². The SMILES string of the molecule is C#CCC/C(C)=C/CCc1cccc(O[Si](CC(C)C)(C(C)(C)C)C(C)(C)C)c1. The van der Waals surface area contributed by atoms with E-state index in [1.165, 1.54) is 17.2 Å². The molecular formula is C27H44OSi. The van der Waals surface area contributed by atoms with Crippen molar-refractivity contribution in [1.29, 1.82) is 0 Å². The first kappa shape index (κ1) is 25.6. The van der Waals surface area contributed by atoms with E-state index in [9.17, 15) is 0 Å². The van der Waals surface area contributed by atoms with Crippen molar-refractivity contribution in [3.63, 3.8) is 0 Å². The molecule has 0 radical (unpaired) electrons. The highest BCUT2D eigenvalue weighted by molar-refractivity contribution is 6.80. The maximum absolute atomic E-state index is 7.06. The van der Waals surface area contributed by atoms with Crippen LogP contribution in [0.15, 0.2) is 35.9 Å². The van der Waals surface area contributed by atoms with Crippen molar-refractivity contribution in [1.82, 2.24) is 0 Å². The molecule has 0 aliphatic carbocycles. The minimum Gasteiger partial charge on any atom is -0.542 e. The van der Waals surface area contributed by atoms with Gasteiger partial charge in [-0.25, -0.2) is 0 Å². The standard InChI is InChI=1S/C27H44OSi/c1-11-12-15-23(4)16-13-17-24-18-14-19-25(20-24)28-29(21-22(2)3,26(5,6)7)27(8,9)10/h1,14,16,18-20,22H,12-13,15,17,21H2,2-10H3/b23-16+. The summed E-state index contributed by atoms with van der Waals surface area (Å²) in [7, 11) is -2.12. The molecular weight excluding hydrogens is 368 g/mol. The molecule has 1 aromatic carbocycles. The fourth-order valence-electron chi connectivity index (χ4n) is 4.48. The van der Waals surface area contributed by atoms with Crippen LogP contribution in [0.1, 0.15) is 87.1 Å². The van der Waals surface area contributed by atoms with E-state index in [4.69, 9.17) is 10.8 Å². The van der Waals surface area contributed by atoms with Gasteiger partial charge in [0.1, 0.15) is 5.75 Å². The molecule has 0 aromatic heterocycles. The molecule has 0 unspecified atom stereocenters. The van der Waals surface area contributed by atoms with Crippen molar-refractivity contribution in [3.05, 3.63) is 41.5 Å². The predicted octanol–water partition coefficient (Wildman–Crippen LogP) is 8.56. The largest absolute Gasteiger partial charge is 0.542 e. The van der Waals surface area contributed by atoms with Gasteiger partial charge in [-0.15, -0.1) is 12.3 Å². The van der Waals surface area contributed by atoms with E-state index in [0.29, 0.717) is 5.92 Å².